The third-order valence-corrected chi connectivity index (χ3v) is 4.33. The van der Waals surface area contributed by atoms with E-state index < -0.39 is 0 Å². The molecule has 19 heavy (non-hydrogen) atoms. The van der Waals surface area contributed by atoms with Crippen LogP contribution in [0.25, 0.3) is 0 Å². The van der Waals surface area contributed by atoms with Gasteiger partial charge in [-0.15, -0.1) is 0 Å². The molecule has 1 heterocycles. The van der Waals surface area contributed by atoms with E-state index >= 15 is 0 Å². The number of nitrogens with two attached hydrogens (primary N) is 1. The summed E-state index contributed by atoms with van der Waals surface area (Å²) in [7, 11) is 0. The van der Waals surface area contributed by atoms with Gasteiger partial charge in [0.2, 0.25) is 0 Å². The number of anilines is 1. The summed E-state index contributed by atoms with van der Waals surface area (Å²) in [4.78, 5) is 2.81. The number of hydrogen-bond donors (Lipinski definition) is 1. The summed E-state index contributed by atoms with van der Waals surface area (Å²) >= 11 is 11.2. The average molecular weight is 297 g/mol. The van der Waals surface area contributed by atoms with E-state index in [1.807, 2.05) is 18.2 Å². The maximum atomic E-state index is 6.11. The Morgan fingerprint density at radius 3 is 2.68 bits per heavy atom. The Labute approximate surface area is 125 Å². The number of nitrogens with zero attached hydrogens (tertiary/aromatic N) is 1. The van der Waals surface area contributed by atoms with Gasteiger partial charge in [-0.3, -0.25) is 0 Å². The zero-order valence-electron chi connectivity index (χ0n) is 11.4. The van der Waals surface area contributed by atoms with Gasteiger partial charge in [-0.25, -0.2) is 0 Å². The van der Waals surface area contributed by atoms with E-state index in [1.165, 1.54) is 25.7 Å². The monoisotopic (exact) mass is 296 g/mol. The molecule has 0 unspecified atom stereocenters. The molecule has 0 aliphatic carbocycles. The summed E-state index contributed by atoms with van der Waals surface area (Å²) in [5.41, 5.74) is 7.84. The molecule has 1 fully saturated rings. The van der Waals surface area contributed by atoms with Crippen LogP contribution >= 0.6 is 23.8 Å². The molecule has 0 amide bonds. The highest BCUT2D eigenvalue weighted by atomic mass is 35.5. The Bertz CT molecular complexity index is 453. The van der Waals surface area contributed by atoms with E-state index in [2.05, 4.69) is 11.8 Å². The lowest BCUT2D eigenvalue weighted by molar-refractivity contribution is 0.378. The van der Waals surface area contributed by atoms with E-state index in [1.54, 1.807) is 0 Å². The number of benzene rings is 1. The van der Waals surface area contributed by atoms with Crippen LogP contribution in [0.4, 0.5) is 5.69 Å². The highest BCUT2D eigenvalue weighted by Crippen LogP contribution is 2.30. The molecule has 1 saturated heterocycles. The number of halogens is 1. The first-order chi connectivity index (χ1) is 9.11. The molecular formula is C15H21ClN2S. The lowest BCUT2D eigenvalue weighted by Crippen LogP contribution is -2.35. The van der Waals surface area contributed by atoms with E-state index in [0.29, 0.717) is 4.99 Å². The van der Waals surface area contributed by atoms with Gasteiger partial charge < -0.3 is 10.6 Å². The van der Waals surface area contributed by atoms with Crippen LogP contribution in [0.1, 0.15) is 38.2 Å². The first-order valence-electron chi connectivity index (χ1n) is 6.96. The summed E-state index contributed by atoms with van der Waals surface area (Å²) < 4.78 is 0. The Morgan fingerprint density at radius 1 is 1.42 bits per heavy atom. The van der Waals surface area contributed by atoms with Crippen LogP contribution in [0.2, 0.25) is 5.02 Å². The highest BCUT2D eigenvalue weighted by Gasteiger charge is 2.21. The molecule has 4 heteroatoms. The van der Waals surface area contributed by atoms with Crippen molar-refractivity contribution >= 4 is 34.5 Å². The molecule has 0 spiro atoms. The molecule has 1 aliphatic heterocycles. The minimum absolute atomic E-state index is 0.447. The van der Waals surface area contributed by atoms with Crippen LogP contribution in [0.15, 0.2) is 18.2 Å². The van der Waals surface area contributed by atoms with Crippen molar-refractivity contribution < 1.29 is 0 Å². The third kappa shape index (κ3) is 3.61. The van der Waals surface area contributed by atoms with Crippen molar-refractivity contribution in [1.29, 1.82) is 0 Å². The van der Waals surface area contributed by atoms with Gasteiger partial charge >= 0.3 is 0 Å². The molecule has 2 nitrogen and oxygen atoms in total. The van der Waals surface area contributed by atoms with Gasteiger partial charge in [0.1, 0.15) is 4.99 Å². The lowest BCUT2D eigenvalue weighted by Gasteiger charge is -2.34. The molecule has 2 rings (SSSR count). The Hall–Kier alpha value is -0.800. The quantitative estimate of drug-likeness (QED) is 0.852. The van der Waals surface area contributed by atoms with Gasteiger partial charge in [-0.05, 0) is 37.0 Å². The van der Waals surface area contributed by atoms with Crippen LogP contribution in [-0.2, 0) is 0 Å². The van der Waals surface area contributed by atoms with Gasteiger partial charge in [0.05, 0.1) is 0 Å². The van der Waals surface area contributed by atoms with Gasteiger partial charge in [0, 0.05) is 29.4 Å². The molecule has 0 atom stereocenters. The predicted molar refractivity (Wildman–Crippen MR) is 87.2 cm³/mol. The molecule has 2 N–H and O–H groups in total. The van der Waals surface area contributed by atoms with Crippen molar-refractivity contribution in [3.63, 3.8) is 0 Å². The number of thiocarbonyl (C=S) groups is 1. The summed E-state index contributed by atoms with van der Waals surface area (Å²) in [6.45, 7) is 4.40. The highest BCUT2D eigenvalue weighted by molar-refractivity contribution is 7.80. The molecule has 0 aromatic heterocycles. The third-order valence-electron chi connectivity index (χ3n) is 3.88. The fraction of sp³-hybridized carbons (Fsp3) is 0.533. The lowest BCUT2D eigenvalue weighted by atomic mass is 9.92. The molecule has 104 valence electrons. The molecule has 1 aliphatic rings. The minimum Gasteiger partial charge on any atom is -0.389 e. The van der Waals surface area contributed by atoms with Crippen LogP contribution < -0.4 is 10.6 Å². The summed E-state index contributed by atoms with van der Waals surface area (Å²) in [5, 5.41) is 0.741. The number of hydrogen-bond acceptors (Lipinski definition) is 2. The normalized spacial score (nSPS) is 16.6. The SMILES string of the molecule is CCCC1CCN(c2cc(Cl)ccc2C(N)=S)CC1. The maximum Gasteiger partial charge on any atom is 0.106 e. The van der Waals surface area contributed by atoms with Crippen molar-refractivity contribution in [2.24, 2.45) is 11.7 Å². The topological polar surface area (TPSA) is 29.3 Å². The van der Waals surface area contributed by atoms with Crippen molar-refractivity contribution in [3.05, 3.63) is 28.8 Å². The van der Waals surface area contributed by atoms with Crippen molar-refractivity contribution in [2.45, 2.75) is 32.6 Å². The average Bonchev–Trinajstić information content (AvgIpc) is 2.39. The minimum atomic E-state index is 0.447. The largest absolute Gasteiger partial charge is 0.389 e. The predicted octanol–water partition coefficient (Wildman–Crippen LogP) is 3.99. The number of rotatable bonds is 4. The Morgan fingerprint density at radius 2 is 2.11 bits per heavy atom. The Kier molecular flexibility index (Phi) is 5.06. The summed E-state index contributed by atoms with van der Waals surface area (Å²) in [6.07, 6.45) is 5.11. The van der Waals surface area contributed by atoms with Crippen molar-refractivity contribution in [3.8, 4) is 0 Å². The zero-order valence-corrected chi connectivity index (χ0v) is 12.9. The second-order valence-corrected chi connectivity index (χ2v) is 6.12. The second kappa shape index (κ2) is 6.58. The van der Waals surface area contributed by atoms with Crippen LogP contribution in [0.5, 0.6) is 0 Å². The van der Waals surface area contributed by atoms with Gasteiger partial charge in [0.25, 0.3) is 0 Å². The molecule has 1 aromatic carbocycles. The van der Waals surface area contributed by atoms with Crippen LogP contribution in [0, 0.1) is 5.92 Å². The van der Waals surface area contributed by atoms with Crippen molar-refractivity contribution in [1.82, 2.24) is 0 Å². The molecule has 0 bridgehead atoms. The fourth-order valence-electron chi connectivity index (χ4n) is 2.85. The van der Waals surface area contributed by atoms with Gasteiger partial charge in [0.15, 0.2) is 0 Å². The zero-order chi connectivity index (χ0) is 13.8. The summed E-state index contributed by atoms with van der Waals surface area (Å²) in [5.74, 6) is 0.869. The standard InChI is InChI=1S/C15H21ClN2S/c1-2-3-11-6-8-18(9-7-11)14-10-12(16)4-5-13(14)15(17)19/h4-5,10-11H,2-3,6-9H2,1H3,(H2,17,19). The molecule has 1 aromatic rings. The molecule has 0 saturated carbocycles. The Balaban J connectivity index is 2.14. The van der Waals surface area contributed by atoms with Crippen LogP contribution in [0.3, 0.4) is 0 Å². The van der Waals surface area contributed by atoms with E-state index in [4.69, 9.17) is 29.6 Å². The van der Waals surface area contributed by atoms with E-state index in [0.717, 1.165) is 35.3 Å². The smallest absolute Gasteiger partial charge is 0.106 e. The van der Waals surface area contributed by atoms with Crippen LogP contribution in [-0.4, -0.2) is 18.1 Å². The first kappa shape index (κ1) is 14.6. The maximum absolute atomic E-state index is 6.11. The van der Waals surface area contributed by atoms with Gasteiger partial charge in [-0.1, -0.05) is 43.6 Å². The fourth-order valence-corrected chi connectivity index (χ4v) is 3.18. The van der Waals surface area contributed by atoms with Crippen molar-refractivity contribution in [2.75, 3.05) is 18.0 Å². The number of piperidine rings is 1. The molecule has 0 radical (unpaired) electrons. The van der Waals surface area contributed by atoms with Gasteiger partial charge in [-0.2, -0.15) is 0 Å². The van der Waals surface area contributed by atoms with E-state index in [9.17, 15) is 0 Å². The summed E-state index contributed by atoms with van der Waals surface area (Å²) in [6, 6.07) is 5.76. The first-order valence-corrected chi connectivity index (χ1v) is 7.74. The molecular weight excluding hydrogens is 276 g/mol. The second-order valence-electron chi connectivity index (χ2n) is 5.24. The van der Waals surface area contributed by atoms with E-state index in [-0.39, 0.29) is 0 Å².